The minimum absolute atomic E-state index is 0.122. The van der Waals surface area contributed by atoms with Crippen molar-refractivity contribution in [1.82, 2.24) is 4.98 Å². The summed E-state index contributed by atoms with van der Waals surface area (Å²) < 4.78 is 0. The standard InChI is InChI=1S/C12H14N2O3/c1-7(12(16)17)13-11-6-5-8-9(14-11)3-2-4-10(8)15/h5-7H,2-4H2,1H3,(H,13,14)(H,16,17)/t7-/m0/s1. The molecule has 2 rings (SSSR count). The molecule has 0 bridgehead atoms. The fourth-order valence-electron chi connectivity index (χ4n) is 1.86. The van der Waals surface area contributed by atoms with Crippen LogP contribution in [0.25, 0.3) is 0 Å². The van der Waals surface area contributed by atoms with Crippen molar-refractivity contribution < 1.29 is 14.7 Å². The number of nitrogens with zero attached hydrogens (tertiary/aromatic N) is 1. The lowest BCUT2D eigenvalue weighted by atomic mass is 9.95. The van der Waals surface area contributed by atoms with Crippen LogP contribution in [0.5, 0.6) is 0 Å². The van der Waals surface area contributed by atoms with Crippen molar-refractivity contribution in [3.63, 3.8) is 0 Å². The molecule has 0 saturated carbocycles. The Hall–Kier alpha value is -1.91. The normalized spacial score (nSPS) is 16.2. The van der Waals surface area contributed by atoms with Gasteiger partial charge >= 0.3 is 5.97 Å². The number of carboxylic acid groups (broad SMARTS) is 1. The second kappa shape index (κ2) is 4.53. The highest BCUT2D eigenvalue weighted by atomic mass is 16.4. The number of carboxylic acids is 1. The molecule has 1 heterocycles. The van der Waals surface area contributed by atoms with E-state index in [1.807, 2.05) is 0 Å². The number of hydrogen-bond donors (Lipinski definition) is 2. The number of nitrogens with one attached hydrogen (secondary N) is 1. The van der Waals surface area contributed by atoms with Crippen LogP contribution in [0.4, 0.5) is 5.82 Å². The van der Waals surface area contributed by atoms with Crippen LogP contribution in [-0.4, -0.2) is 27.9 Å². The molecular formula is C12H14N2O3. The smallest absolute Gasteiger partial charge is 0.325 e. The Balaban J connectivity index is 2.21. The van der Waals surface area contributed by atoms with E-state index in [4.69, 9.17) is 5.11 Å². The van der Waals surface area contributed by atoms with Gasteiger partial charge < -0.3 is 10.4 Å². The molecule has 90 valence electrons. The van der Waals surface area contributed by atoms with Crippen molar-refractivity contribution in [2.45, 2.75) is 32.2 Å². The number of anilines is 1. The van der Waals surface area contributed by atoms with Gasteiger partial charge in [0.1, 0.15) is 11.9 Å². The molecule has 0 amide bonds. The van der Waals surface area contributed by atoms with Crippen molar-refractivity contribution in [2.24, 2.45) is 0 Å². The van der Waals surface area contributed by atoms with E-state index in [0.29, 0.717) is 17.8 Å². The molecule has 5 nitrogen and oxygen atoms in total. The third kappa shape index (κ3) is 2.43. The SMILES string of the molecule is C[C@H](Nc1ccc2c(n1)CCCC2=O)C(=O)O. The summed E-state index contributed by atoms with van der Waals surface area (Å²) in [6.07, 6.45) is 2.17. The number of fused-ring (bicyclic) bond motifs is 1. The zero-order chi connectivity index (χ0) is 12.4. The van der Waals surface area contributed by atoms with Crippen LogP contribution in [0.3, 0.4) is 0 Å². The second-order valence-corrected chi connectivity index (χ2v) is 4.17. The fraction of sp³-hybridized carbons (Fsp3) is 0.417. The van der Waals surface area contributed by atoms with E-state index in [1.165, 1.54) is 0 Å². The lowest BCUT2D eigenvalue weighted by Gasteiger charge is -2.16. The molecule has 1 atom stereocenters. The zero-order valence-electron chi connectivity index (χ0n) is 9.56. The molecule has 1 aliphatic rings. The van der Waals surface area contributed by atoms with E-state index in [-0.39, 0.29) is 5.78 Å². The van der Waals surface area contributed by atoms with Crippen LogP contribution in [-0.2, 0) is 11.2 Å². The third-order valence-electron chi connectivity index (χ3n) is 2.83. The number of aliphatic carboxylic acids is 1. The van der Waals surface area contributed by atoms with Crippen molar-refractivity contribution in [3.8, 4) is 0 Å². The molecule has 1 aliphatic carbocycles. The molecule has 0 spiro atoms. The summed E-state index contributed by atoms with van der Waals surface area (Å²) in [5.74, 6) is -0.300. The molecule has 5 heteroatoms. The number of rotatable bonds is 3. The number of carbonyl (C=O) groups excluding carboxylic acids is 1. The number of Topliss-reactive ketones (excluding diaryl/α,β-unsaturated/α-hetero) is 1. The number of hydrogen-bond acceptors (Lipinski definition) is 4. The number of carbonyl (C=O) groups is 2. The maximum Gasteiger partial charge on any atom is 0.325 e. The van der Waals surface area contributed by atoms with E-state index in [1.54, 1.807) is 19.1 Å². The number of aromatic nitrogens is 1. The van der Waals surface area contributed by atoms with Gasteiger partial charge in [-0.15, -0.1) is 0 Å². The van der Waals surface area contributed by atoms with Crippen molar-refractivity contribution >= 4 is 17.6 Å². The lowest BCUT2D eigenvalue weighted by Crippen LogP contribution is -2.26. The highest BCUT2D eigenvalue weighted by molar-refractivity contribution is 5.98. The van der Waals surface area contributed by atoms with Crippen LogP contribution in [0, 0.1) is 0 Å². The molecule has 0 saturated heterocycles. The van der Waals surface area contributed by atoms with Gasteiger partial charge in [-0.05, 0) is 31.9 Å². The van der Waals surface area contributed by atoms with Gasteiger partial charge in [-0.1, -0.05) is 0 Å². The quantitative estimate of drug-likeness (QED) is 0.828. The first-order chi connectivity index (χ1) is 8.08. The summed E-state index contributed by atoms with van der Waals surface area (Å²) in [6, 6.07) is 2.68. The molecule has 2 N–H and O–H groups in total. The second-order valence-electron chi connectivity index (χ2n) is 4.17. The van der Waals surface area contributed by atoms with E-state index >= 15 is 0 Å². The molecular weight excluding hydrogens is 220 g/mol. The average Bonchev–Trinajstić information content (AvgIpc) is 2.29. The predicted molar refractivity (Wildman–Crippen MR) is 62.2 cm³/mol. The first-order valence-electron chi connectivity index (χ1n) is 5.60. The lowest BCUT2D eigenvalue weighted by molar-refractivity contribution is -0.137. The van der Waals surface area contributed by atoms with Crippen LogP contribution in [0.2, 0.25) is 0 Å². The van der Waals surface area contributed by atoms with Gasteiger partial charge in [0.15, 0.2) is 5.78 Å². The van der Waals surface area contributed by atoms with Crippen LogP contribution >= 0.6 is 0 Å². The summed E-state index contributed by atoms with van der Waals surface area (Å²) in [5, 5.41) is 11.6. The van der Waals surface area contributed by atoms with Crippen LogP contribution in [0.15, 0.2) is 12.1 Å². The maximum absolute atomic E-state index is 11.6. The van der Waals surface area contributed by atoms with Gasteiger partial charge in [-0.3, -0.25) is 9.59 Å². The van der Waals surface area contributed by atoms with Gasteiger partial charge in [0.05, 0.1) is 5.69 Å². The van der Waals surface area contributed by atoms with Gasteiger partial charge in [-0.25, -0.2) is 4.98 Å². The topological polar surface area (TPSA) is 79.3 Å². The summed E-state index contributed by atoms with van der Waals surface area (Å²) in [6.45, 7) is 1.55. The monoisotopic (exact) mass is 234 g/mol. The van der Waals surface area contributed by atoms with Gasteiger partial charge in [0.2, 0.25) is 0 Å². The Morgan fingerprint density at radius 3 is 2.94 bits per heavy atom. The van der Waals surface area contributed by atoms with Crippen LogP contribution < -0.4 is 5.32 Å². The van der Waals surface area contributed by atoms with Crippen molar-refractivity contribution in [2.75, 3.05) is 5.32 Å². The number of ketones is 1. The molecule has 1 aromatic rings. The molecule has 0 aromatic carbocycles. The minimum atomic E-state index is -0.930. The summed E-state index contributed by atoms with van der Waals surface area (Å²) in [4.78, 5) is 26.6. The largest absolute Gasteiger partial charge is 0.480 e. The molecule has 0 radical (unpaired) electrons. The number of aryl methyl sites for hydroxylation is 1. The minimum Gasteiger partial charge on any atom is -0.480 e. The first kappa shape index (κ1) is 11.6. The van der Waals surface area contributed by atoms with Gasteiger partial charge in [-0.2, -0.15) is 0 Å². The summed E-state index contributed by atoms with van der Waals surface area (Å²) >= 11 is 0. The Morgan fingerprint density at radius 1 is 1.47 bits per heavy atom. The summed E-state index contributed by atoms with van der Waals surface area (Å²) in [7, 11) is 0. The van der Waals surface area contributed by atoms with E-state index in [2.05, 4.69) is 10.3 Å². The zero-order valence-corrected chi connectivity index (χ0v) is 9.56. The van der Waals surface area contributed by atoms with E-state index in [0.717, 1.165) is 18.5 Å². The highest BCUT2D eigenvalue weighted by Crippen LogP contribution is 2.21. The Labute approximate surface area is 98.9 Å². The summed E-state index contributed by atoms with van der Waals surface area (Å²) in [5.41, 5.74) is 1.44. The molecule has 0 unspecified atom stereocenters. The molecule has 17 heavy (non-hydrogen) atoms. The van der Waals surface area contributed by atoms with Crippen molar-refractivity contribution in [3.05, 3.63) is 23.4 Å². The Kier molecular flexibility index (Phi) is 3.08. The fourth-order valence-corrected chi connectivity index (χ4v) is 1.86. The Morgan fingerprint density at radius 2 is 2.24 bits per heavy atom. The molecule has 0 aliphatic heterocycles. The number of pyridine rings is 1. The van der Waals surface area contributed by atoms with Crippen molar-refractivity contribution in [1.29, 1.82) is 0 Å². The first-order valence-corrected chi connectivity index (χ1v) is 5.60. The van der Waals surface area contributed by atoms with Gasteiger partial charge in [0, 0.05) is 12.0 Å². The van der Waals surface area contributed by atoms with E-state index < -0.39 is 12.0 Å². The average molecular weight is 234 g/mol. The predicted octanol–water partition coefficient (Wildman–Crippen LogP) is 1.49. The molecule has 1 aromatic heterocycles. The third-order valence-corrected chi connectivity index (χ3v) is 2.83. The molecule has 0 fully saturated rings. The van der Waals surface area contributed by atoms with E-state index in [9.17, 15) is 9.59 Å². The van der Waals surface area contributed by atoms with Gasteiger partial charge in [0.25, 0.3) is 0 Å². The highest BCUT2D eigenvalue weighted by Gasteiger charge is 2.19. The maximum atomic E-state index is 11.6. The van der Waals surface area contributed by atoms with Crippen LogP contribution in [0.1, 0.15) is 35.8 Å². The Bertz CT molecular complexity index is 471.